The van der Waals surface area contributed by atoms with Crippen LogP contribution in [0.5, 0.6) is 0 Å². The van der Waals surface area contributed by atoms with Crippen LogP contribution < -0.4 is 16.0 Å². The average molecular weight is 348 g/mol. The Labute approximate surface area is 133 Å². The largest absolute Gasteiger partial charge is 0.398 e. The summed E-state index contributed by atoms with van der Waals surface area (Å²) in [5.74, 6) is -0.0999. The molecule has 21 heavy (non-hydrogen) atoms. The van der Waals surface area contributed by atoms with Crippen molar-refractivity contribution in [3.8, 4) is 0 Å². The van der Waals surface area contributed by atoms with E-state index in [9.17, 15) is 4.79 Å². The van der Waals surface area contributed by atoms with Crippen LogP contribution in [0.4, 0.5) is 11.4 Å². The maximum Gasteiger partial charge on any atom is 0.251 e. The molecule has 0 unspecified atom stereocenters. The molecule has 0 fully saturated rings. The van der Waals surface area contributed by atoms with Crippen LogP contribution in [0, 0.1) is 0 Å². The number of carbonyl (C=O) groups excluding carboxylic acids is 1. The third-order valence-electron chi connectivity index (χ3n) is 3.19. The molecule has 0 heterocycles. The lowest BCUT2D eigenvalue weighted by Gasteiger charge is -2.19. The maximum absolute atomic E-state index is 12.0. The molecule has 0 spiro atoms. The summed E-state index contributed by atoms with van der Waals surface area (Å²) in [6.45, 7) is 1.32. The molecule has 0 aliphatic rings. The second-order valence-electron chi connectivity index (χ2n) is 4.75. The van der Waals surface area contributed by atoms with Crippen molar-refractivity contribution in [2.45, 2.75) is 0 Å². The van der Waals surface area contributed by atoms with Crippen molar-refractivity contribution in [2.75, 3.05) is 30.8 Å². The standard InChI is InChI=1S/C16H18BrN3O/c1-20(13-5-3-2-4-6-13)10-9-19-16(21)12-7-8-15(18)14(17)11-12/h2-8,11H,9-10,18H2,1H3,(H,19,21). The van der Waals surface area contributed by atoms with Gasteiger partial charge < -0.3 is 16.0 Å². The lowest BCUT2D eigenvalue weighted by Crippen LogP contribution is -2.32. The van der Waals surface area contributed by atoms with Gasteiger partial charge in [-0.15, -0.1) is 0 Å². The van der Waals surface area contributed by atoms with E-state index in [0.29, 0.717) is 17.8 Å². The number of halogens is 1. The van der Waals surface area contributed by atoms with Crippen LogP contribution in [0.2, 0.25) is 0 Å². The first-order valence-electron chi connectivity index (χ1n) is 6.67. The number of amides is 1. The molecule has 0 atom stereocenters. The molecule has 4 nitrogen and oxygen atoms in total. The van der Waals surface area contributed by atoms with Gasteiger partial charge in [-0.25, -0.2) is 0 Å². The van der Waals surface area contributed by atoms with Crippen LogP contribution in [0.15, 0.2) is 53.0 Å². The smallest absolute Gasteiger partial charge is 0.251 e. The van der Waals surface area contributed by atoms with Crippen LogP contribution in [0.25, 0.3) is 0 Å². The summed E-state index contributed by atoms with van der Waals surface area (Å²) in [5.41, 5.74) is 8.05. The van der Waals surface area contributed by atoms with Gasteiger partial charge in [0, 0.05) is 41.5 Å². The number of nitrogens with one attached hydrogen (secondary N) is 1. The van der Waals surface area contributed by atoms with E-state index in [1.807, 2.05) is 37.4 Å². The van der Waals surface area contributed by atoms with E-state index in [1.54, 1.807) is 18.2 Å². The molecule has 0 aromatic heterocycles. The van der Waals surface area contributed by atoms with Gasteiger partial charge in [-0.05, 0) is 46.3 Å². The maximum atomic E-state index is 12.0. The minimum absolute atomic E-state index is 0.0999. The van der Waals surface area contributed by atoms with Crippen LogP contribution in [0.1, 0.15) is 10.4 Å². The van der Waals surface area contributed by atoms with Gasteiger partial charge in [0.05, 0.1) is 0 Å². The van der Waals surface area contributed by atoms with E-state index >= 15 is 0 Å². The van der Waals surface area contributed by atoms with E-state index in [0.717, 1.165) is 16.7 Å². The molecule has 0 aliphatic heterocycles. The fourth-order valence-electron chi connectivity index (χ4n) is 1.92. The predicted molar refractivity (Wildman–Crippen MR) is 90.6 cm³/mol. The zero-order valence-electron chi connectivity index (χ0n) is 11.8. The van der Waals surface area contributed by atoms with E-state index in [4.69, 9.17) is 5.73 Å². The molecule has 0 aliphatic carbocycles. The Bertz CT molecular complexity index is 616. The van der Waals surface area contributed by atoms with E-state index in [2.05, 4.69) is 26.1 Å². The molecule has 2 rings (SSSR count). The molecule has 1 amide bonds. The molecular formula is C16H18BrN3O. The van der Waals surface area contributed by atoms with Gasteiger partial charge in [0.1, 0.15) is 0 Å². The Kier molecular flexibility index (Phi) is 5.22. The number of carbonyl (C=O) groups is 1. The monoisotopic (exact) mass is 347 g/mol. The number of benzene rings is 2. The molecule has 110 valence electrons. The second-order valence-corrected chi connectivity index (χ2v) is 5.60. The summed E-state index contributed by atoms with van der Waals surface area (Å²) in [7, 11) is 2.00. The minimum atomic E-state index is -0.0999. The molecule has 2 aromatic carbocycles. The molecular weight excluding hydrogens is 330 g/mol. The van der Waals surface area contributed by atoms with E-state index < -0.39 is 0 Å². The van der Waals surface area contributed by atoms with Crippen molar-refractivity contribution in [2.24, 2.45) is 0 Å². The van der Waals surface area contributed by atoms with Gasteiger partial charge in [-0.3, -0.25) is 4.79 Å². The number of likely N-dealkylation sites (N-methyl/N-ethyl adjacent to an activating group) is 1. The van der Waals surface area contributed by atoms with Crippen LogP contribution in [-0.4, -0.2) is 26.0 Å². The number of nitrogens with zero attached hydrogens (tertiary/aromatic N) is 1. The fraction of sp³-hybridized carbons (Fsp3) is 0.188. The normalized spacial score (nSPS) is 10.2. The van der Waals surface area contributed by atoms with Crippen molar-refractivity contribution in [3.05, 3.63) is 58.6 Å². The molecule has 3 N–H and O–H groups in total. The zero-order chi connectivity index (χ0) is 15.2. The quantitative estimate of drug-likeness (QED) is 0.817. The molecule has 0 saturated heterocycles. The van der Waals surface area contributed by atoms with Crippen molar-refractivity contribution < 1.29 is 4.79 Å². The zero-order valence-corrected chi connectivity index (χ0v) is 13.4. The van der Waals surface area contributed by atoms with E-state index in [1.165, 1.54) is 0 Å². The second kappa shape index (κ2) is 7.13. The lowest BCUT2D eigenvalue weighted by atomic mass is 10.2. The van der Waals surface area contributed by atoms with Gasteiger partial charge in [-0.1, -0.05) is 18.2 Å². The first-order valence-corrected chi connectivity index (χ1v) is 7.46. The van der Waals surface area contributed by atoms with Gasteiger partial charge >= 0.3 is 0 Å². The van der Waals surface area contributed by atoms with Crippen molar-refractivity contribution in [1.82, 2.24) is 5.32 Å². The number of anilines is 2. The number of para-hydroxylation sites is 1. The van der Waals surface area contributed by atoms with Crippen LogP contribution in [-0.2, 0) is 0 Å². The Morgan fingerprint density at radius 3 is 2.62 bits per heavy atom. The van der Waals surface area contributed by atoms with Gasteiger partial charge in [0.15, 0.2) is 0 Å². The predicted octanol–water partition coefficient (Wildman–Crippen LogP) is 2.90. The average Bonchev–Trinajstić information content (AvgIpc) is 2.50. The molecule has 0 saturated carbocycles. The van der Waals surface area contributed by atoms with E-state index in [-0.39, 0.29) is 5.91 Å². The number of rotatable bonds is 5. The third-order valence-corrected chi connectivity index (χ3v) is 3.88. The van der Waals surface area contributed by atoms with Crippen molar-refractivity contribution in [1.29, 1.82) is 0 Å². The highest BCUT2D eigenvalue weighted by Crippen LogP contribution is 2.20. The highest BCUT2D eigenvalue weighted by Gasteiger charge is 2.07. The molecule has 0 bridgehead atoms. The first-order chi connectivity index (χ1) is 10.1. The van der Waals surface area contributed by atoms with Gasteiger partial charge in [0.2, 0.25) is 0 Å². The van der Waals surface area contributed by atoms with Crippen molar-refractivity contribution >= 4 is 33.2 Å². The highest BCUT2D eigenvalue weighted by atomic mass is 79.9. The minimum Gasteiger partial charge on any atom is -0.398 e. The Morgan fingerprint density at radius 2 is 1.95 bits per heavy atom. The molecule has 2 aromatic rings. The van der Waals surface area contributed by atoms with Gasteiger partial charge in [0.25, 0.3) is 5.91 Å². The fourth-order valence-corrected chi connectivity index (χ4v) is 2.30. The summed E-state index contributed by atoms with van der Waals surface area (Å²) in [4.78, 5) is 14.1. The lowest BCUT2D eigenvalue weighted by molar-refractivity contribution is 0.0954. The molecule has 5 heteroatoms. The number of nitrogens with two attached hydrogens (primary N) is 1. The number of nitrogen functional groups attached to an aromatic ring is 1. The Balaban J connectivity index is 1.85. The van der Waals surface area contributed by atoms with Crippen LogP contribution >= 0.6 is 15.9 Å². The van der Waals surface area contributed by atoms with Crippen LogP contribution in [0.3, 0.4) is 0 Å². The SMILES string of the molecule is CN(CCNC(=O)c1ccc(N)c(Br)c1)c1ccccc1. The highest BCUT2D eigenvalue weighted by molar-refractivity contribution is 9.10. The topological polar surface area (TPSA) is 58.4 Å². The first kappa shape index (κ1) is 15.4. The summed E-state index contributed by atoms with van der Waals surface area (Å²) in [6.07, 6.45) is 0. The number of hydrogen-bond acceptors (Lipinski definition) is 3. The molecule has 0 radical (unpaired) electrons. The number of hydrogen-bond donors (Lipinski definition) is 2. The summed E-state index contributed by atoms with van der Waals surface area (Å²) < 4.78 is 0.733. The summed E-state index contributed by atoms with van der Waals surface area (Å²) in [5, 5.41) is 2.90. The Morgan fingerprint density at radius 1 is 1.24 bits per heavy atom. The Hall–Kier alpha value is -2.01. The summed E-state index contributed by atoms with van der Waals surface area (Å²) in [6, 6.07) is 15.2. The summed E-state index contributed by atoms with van der Waals surface area (Å²) >= 11 is 3.32. The van der Waals surface area contributed by atoms with Crippen molar-refractivity contribution in [3.63, 3.8) is 0 Å². The third kappa shape index (κ3) is 4.23. The van der Waals surface area contributed by atoms with Gasteiger partial charge in [-0.2, -0.15) is 0 Å².